The van der Waals surface area contributed by atoms with E-state index in [0.717, 1.165) is 18.7 Å². The molecule has 2 heterocycles. The second-order valence-electron chi connectivity index (χ2n) is 4.95. The molecular weight excluding hydrogens is 234 g/mol. The maximum Gasteiger partial charge on any atom is 0.308 e. The number of nitrogens with zero attached hydrogens (tertiary/aromatic N) is 3. The lowest BCUT2D eigenvalue weighted by molar-refractivity contribution is -0.142. The molecule has 0 bridgehead atoms. The molecule has 0 aromatic carbocycles. The van der Waals surface area contributed by atoms with Crippen LogP contribution in [0.4, 0.5) is 0 Å². The Bertz CT molecular complexity index is 418. The van der Waals surface area contributed by atoms with Crippen molar-refractivity contribution in [3.63, 3.8) is 0 Å². The van der Waals surface area contributed by atoms with Gasteiger partial charge in [0.2, 0.25) is 0 Å². The van der Waals surface area contributed by atoms with Gasteiger partial charge in [0.15, 0.2) is 0 Å². The summed E-state index contributed by atoms with van der Waals surface area (Å²) in [6, 6.07) is 0. The third-order valence-electron chi connectivity index (χ3n) is 3.43. The van der Waals surface area contributed by atoms with Crippen molar-refractivity contribution in [2.45, 2.75) is 20.0 Å². The van der Waals surface area contributed by atoms with Crippen molar-refractivity contribution < 1.29 is 15.0 Å². The van der Waals surface area contributed by atoms with Gasteiger partial charge in [-0.2, -0.15) is 5.10 Å². The summed E-state index contributed by atoms with van der Waals surface area (Å²) < 4.78 is 1.70. The predicted molar refractivity (Wildman–Crippen MR) is 64.9 cm³/mol. The van der Waals surface area contributed by atoms with E-state index >= 15 is 0 Å². The van der Waals surface area contributed by atoms with Gasteiger partial charge in [-0.15, -0.1) is 0 Å². The summed E-state index contributed by atoms with van der Waals surface area (Å²) in [5.74, 6) is -0.784. The number of carbonyl (C=O) groups is 1. The Hall–Kier alpha value is -1.40. The minimum absolute atomic E-state index is 0.0724. The van der Waals surface area contributed by atoms with Gasteiger partial charge < -0.3 is 10.2 Å². The maximum atomic E-state index is 11.0. The summed E-state index contributed by atoms with van der Waals surface area (Å²) >= 11 is 0. The first-order valence-electron chi connectivity index (χ1n) is 6.17. The van der Waals surface area contributed by atoms with Crippen molar-refractivity contribution in [1.82, 2.24) is 14.7 Å². The average molecular weight is 253 g/mol. The minimum Gasteiger partial charge on any atom is -0.481 e. The Labute approximate surface area is 106 Å². The molecule has 0 amide bonds. The third-order valence-corrected chi connectivity index (χ3v) is 3.43. The molecule has 2 atom stereocenters. The molecule has 2 unspecified atom stereocenters. The molecule has 1 aromatic heterocycles. The van der Waals surface area contributed by atoms with Gasteiger partial charge in [0.1, 0.15) is 0 Å². The first-order valence-corrected chi connectivity index (χ1v) is 6.17. The summed E-state index contributed by atoms with van der Waals surface area (Å²) in [7, 11) is 0. The van der Waals surface area contributed by atoms with Crippen molar-refractivity contribution in [3.05, 3.63) is 18.0 Å². The summed E-state index contributed by atoms with van der Waals surface area (Å²) in [5.41, 5.74) is 1.06. The van der Waals surface area contributed by atoms with Crippen LogP contribution in [0.3, 0.4) is 0 Å². The molecule has 2 N–H and O–H groups in total. The number of hydrogen-bond acceptors (Lipinski definition) is 4. The molecule has 1 fully saturated rings. The molecule has 0 radical (unpaired) electrons. The van der Waals surface area contributed by atoms with Crippen LogP contribution in [0, 0.1) is 11.8 Å². The molecule has 0 aliphatic carbocycles. The molecular formula is C12H19N3O3. The standard InChI is InChI=1S/C12H19N3O3/c1-9-5-14(8-11(9)12(17)18)6-10-4-13-15(7-10)2-3-16/h4,7,9,11,16H,2-3,5-6,8H2,1H3,(H,17,18). The first-order chi connectivity index (χ1) is 8.60. The highest BCUT2D eigenvalue weighted by molar-refractivity contribution is 5.71. The lowest BCUT2D eigenvalue weighted by Gasteiger charge is -2.13. The van der Waals surface area contributed by atoms with E-state index < -0.39 is 5.97 Å². The fourth-order valence-electron chi connectivity index (χ4n) is 2.49. The van der Waals surface area contributed by atoms with E-state index in [-0.39, 0.29) is 18.4 Å². The summed E-state index contributed by atoms with van der Waals surface area (Å²) in [4.78, 5) is 13.2. The second-order valence-corrected chi connectivity index (χ2v) is 4.95. The zero-order valence-corrected chi connectivity index (χ0v) is 10.5. The molecule has 0 saturated carbocycles. The van der Waals surface area contributed by atoms with Gasteiger partial charge in [0.05, 0.1) is 25.3 Å². The number of aliphatic carboxylic acids is 1. The number of aliphatic hydroxyl groups is 1. The van der Waals surface area contributed by atoms with Crippen LogP contribution >= 0.6 is 0 Å². The van der Waals surface area contributed by atoms with Gasteiger partial charge in [0, 0.05) is 31.4 Å². The maximum absolute atomic E-state index is 11.0. The van der Waals surface area contributed by atoms with Crippen LogP contribution in [0.2, 0.25) is 0 Å². The summed E-state index contributed by atoms with van der Waals surface area (Å²) in [5, 5.41) is 22.0. The average Bonchev–Trinajstić information content (AvgIpc) is 2.87. The first kappa shape index (κ1) is 13.0. The van der Waals surface area contributed by atoms with E-state index in [1.165, 1.54) is 0 Å². The minimum atomic E-state index is -0.707. The summed E-state index contributed by atoms with van der Waals surface area (Å²) in [6.45, 7) is 4.68. The van der Waals surface area contributed by atoms with Crippen LogP contribution in [-0.2, 0) is 17.9 Å². The molecule has 6 nitrogen and oxygen atoms in total. The van der Waals surface area contributed by atoms with E-state index in [1.807, 2.05) is 13.1 Å². The Kier molecular flexibility index (Phi) is 3.98. The van der Waals surface area contributed by atoms with E-state index in [0.29, 0.717) is 13.1 Å². The highest BCUT2D eigenvalue weighted by Crippen LogP contribution is 2.24. The zero-order valence-electron chi connectivity index (χ0n) is 10.5. The van der Waals surface area contributed by atoms with Gasteiger partial charge in [-0.3, -0.25) is 14.4 Å². The lowest BCUT2D eigenvalue weighted by atomic mass is 9.99. The SMILES string of the molecule is CC1CN(Cc2cnn(CCO)c2)CC1C(=O)O. The number of aromatic nitrogens is 2. The van der Waals surface area contributed by atoms with Crippen LogP contribution in [0.1, 0.15) is 12.5 Å². The van der Waals surface area contributed by atoms with E-state index in [9.17, 15) is 4.79 Å². The van der Waals surface area contributed by atoms with E-state index in [2.05, 4.69) is 10.00 Å². The van der Waals surface area contributed by atoms with Crippen molar-refractivity contribution in [2.75, 3.05) is 19.7 Å². The molecule has 0 spiro atoms. The number of hydrogen-bond donors (Lipinski definition) is 2. The Balaban J connectivity index is 1.92. The van der Waals surface area contributed by atoms with Crippen molar-refractivity contribution in [1.29, 1.82) is 0 Å². The molecule has 100 valence electrons. The van der Waals surface area contributed by atoms with Gasteiger partial charge >= 0.3 is 5.97 Å². The van der Waals surface area contributed by atoms with Crippen molar-refractivity contribution >= 4 is 5.97 Å². The molecule has 18 heavy (non-hydrogen) atoms. The van der Waals surface area contributed by atoms with Crippen LogP contribution in [-0.4, -0.2) is 50.6 Å². The molecule has 1 aliphatic heterocycles. The van der Waals surface area contributed by atoms with Crippen molar-refractivity contribution in [2.24, 2.45) is 11.8 Å². The number of likely N-dealkylation sites (tertiary alicyclic amines) is 1. The quantitative estimate of drug-likeness (QED) is 0.774. The Morgan fingerprint density at radius 1 is 1.56 bits per heavy atom. The number of aliphatic hydroxyl groups excluding tert-OH is 1. The lowest BCUT2D eigenvalue weighted by Crippen LogP contribution is -2.23. The Morgan fingerprint density at radius 3 is 2.94 bits per heavy atom. The third kappa shape index (κ3) is 2.88. The van der Waals surface area contributed by atoms with Crippen molar-refractivity contribution in [3.8, 4) is 0 Å². The fourth-order valence-corrected chi connectivity index (χ4v) is 2.49. The molecule has 2 rings (SSSR count). The van der Waals surface area contributed by atoms with Crippen LogP contribution in [0.15, 0.2) is 12.4 Å². The molecule has 6 heteroatoms. The zero-order chi connectivity index (χ0) is 13.1. The van der Waals surface area contributed by atoms with Gasteiger partial charge in [-0.25, -0.2) is 0 Å². The van der Waals surface area contributed by atoms with E-state index in [1.54, 1.807) is 10.9 Å². The molecule has 1 saturated heterocycles. The predicted octanol–water partition coefficient (Wildman–Crippen LogP) is 0.0279. The van der Waals surface area contributed by atoms with E-state index in [4.69, 9.17) is 10.2 Å². The summed E-state index contributed by atoms with van der Waals surface area (Å²) in [6.07, 6.45) is 3.67. The number of carboxylic acid groups (broad SMARTS) is 1. The molecule has 1 aromatic rings. The van der Waals surface area contributed by atoms with Crippen LogP contribution in [0.5, 0.6) is 0 Å². The van der Waals surface area contributed by atoms with Gasteiger partial charge in [-0.1, -0.05) is 6.92 Å². The largest absolute Gasteiger partial charge is 0.481 e. The number of carboxylic acids is 1. The monoisotopic (exact) mass is 253 g/mol. The second kappa shape index (κ2) is 5.49. The highest BCUT2D eigenvalue weighted by atomic mass is 16.4. The number of rotatable bonds is 5. The molecule has 1 aliphatic rings. The Morgan fingerprint density at radius 2 is 2.33 bits per heavy atom. The van der Waals surface area contributed by atoms with Gasteiger partial charge in [0.25, 0.3) is 0 Å². The van der Waals surface area contributed by atoms with Gasteiger partial charge in [-0.05, 0) is 5.92 Å². The highest BCUT2D eigenvalue weighted by Gasteiger charge is 2.34. The van der Waals surface area contributed by atoms with Crippen LogP contribution < -0.4 is 0 Å². The normalized spacial score (nSPS) is 24.6. The fraction of sp³-hybridized carbons (Fsp3) is 0.667. The smallest absolute Gasteiger partial charge is 0.308 e. The topological polar surface area (TPSA) is 78.6 Å². The van der Waals surface area contributed by atoms with Crippen LogP contribution in [0.25, 0.3) is 0 Å².